The molecule has 1 aromatic rings. The first-order chi connectivity index (χ1) is 7.36. The van der Waals surface area contributed by atoms with Crippen molar-refractivity contribution in [3.63, 3.8) is 0 Å². The number of rotatable bonds is 3. The van der Waals surface area contributed by atoms with E-state index in [1.165, 1.54) is 5.56 Å². The van der Waals surface area contributed by atoms with Gasteiger partial charge in [0.2, 0.25) is 0 Å². The van der Waals surface area contributed by atoms with Gasteiger partial charge in [-0.15, -0.1) is 11.6 Å². The van der Waals surface area contributed by atoms with Crippen LogP contribution in [0.15, 0.2) is 18.3 Å². The normalized spacial score (nSPS) is 13.6. The lowest BCUT2D eigenvalue weighted by atomic mass is 9.88. The Morgan fingerprint density at radius 3 is 2.38 bits per heavy atom. The van der Waals surface area contributed by atoms with Crippen molar-refractivity contribution in [1.29, 1.82) is 0 Å². The van der Waals surface area contributed by atoms with Gasteiger partial charge in [0.25, 0.3) is 0 Å². The summed E-state index contributed by atoms with van der Waals surface area (Å²) >= 11 is 5.83. The maximum absolute atomic E-state index is 5.83. The standard InChI is InChI=1S/C13H21ClN2/c1-10(8-14)16(5)12-7-6-11(9-15-12)13(2,3)4/h6-7,9-10H,8H2,1-5H3. The SMILES string of the molecule is CC(CCl)N(C)c1ccc(C(C)(C)C)cn1. The Kier molecular flexibility index (Phi) is 4.20. The lowest BCUT2D eigenvalue weighted by molar-refractivity contribution is 0.587. The topological polar surface area (TPSA) is 16.1 Å². The lowest BCUT2D eigenvalue weighted by Gasteiger charge is -2.25. The van der Waals surface area contributed by atoms with Crippen LogP contribution in [0, 0.1) is 0 Å². The zero-order valence-corrected chi connectivity index (χ0v) is 11.5. The predicted molar refractivity (Wildman–Crippen MR) is 71.5 cm³/mol. The molecule has 0 spiro atoms. The van der Waals surface area contributed by atoms with Crippen LogP contribution in [0.5, 0.6) is 0 Å². The molecule has 0 fully saturated rings. The Bertz CT molecular complexity index is 327. The van der Waals surface area contributed by atoms with Crippen LogP contribution in [0.3, 0.4) is 0 Å². The van der Waals surface area contributed by atoms with E-state index >= 15 is 0 Å². The van der Waals surface area contributed by atoms with Crippen LogP contribution in [0.2, 0.25) is 0 Å². The van der Waals surface area contributed by atoms with Crippen molar-refractivity contribution in [3.8, 4) is 0 Å². The molecule has 1 aromatic heterocycles. The first-order valence-corrected chi connectivity index (χ1v) is 6.15. The average Bonchev–Trinajstić information content (AvgIpc) is 2.26. The van der Waals surface area contributed by atoms with E-state index < -0.39 is 0 Å². The number of pyridine rings is 1. The monoisotopic (exact) mass is 240 g/mol. The number of hydrogen-bond donors (Lipinski definition) is 0. The number of halogens is 1. The van der Waals surface area contributed by atoms with Gasteiger partial charge in [0, 0.05) is 25.2 Å². The van der Waals surface area contributed by atoms with Crippen LogP contribution < -0.4 is 4.90 Å². The summed E-state index contributed by atoms with van der Waals surface area (Å²) < 4.78 is 0. The van der Waals surface area contributed by atoms with Crippen molar-refractivity contribution < 1.29 is 0 Å². The second kappa shape index (κ2) is 5.05. The Hall–Kier alpha value is -0.760. The minimum Gasteiger partial charge on any atom is -0.356 e. The fourth-order valence-corrected chi connectivity index (χ4v) is 1.57. The van der Waals surface area contributed by atoms with E-state index in [-0.39, 0.29) is 5.41 Å². The van der Waals surface area contributed by atoms with Crippen molar-refractivity contribution in [2.45, 2.75) is 39.2 Å². The number of hydrogen-bond acceptors (Lipinski definition) is 2. The number of nitrogens with zero attached hydrogens (tertiary/aromatic N) is 2. The van der Waals surface area contributed by atoms with E-state index in [0.717, 1.165) is 5.82 Å². The highest BCUT2D eigenvalue weighted by atomic mass is 35.5. The third-order valence-corrected chi connectivity index (χ3v) is 3.31. The smallest absolute Gasteiger partial charge is 0.128 e. The molecule has 0 aliphatic carbocycles. The largest absolute Gasteiger partial charge is 0.356 e. The van der Waals surface area contributed by atoms with Gasteiger partial charge < -0.3 is 4.90 Å². The van der Waals surface area contributed by atoms with Gasteiger partial charge in [-0.25, -0.2) is 4.98 Å². The Morgan fingerprint density at radius 1 is 1.38 bits per heavy atom. The van der Waals surface area contributed by atoms with Crippen LogP contribution in [0.4, 0.5) is 5.82 Å². The lowest BCUT2D eigenvalue weighted by Crippen LogP contribution is -2.30. The number of alkyl halides is 1. The van der Waals surface area contributed by atoms with E-state index in [2.05, 4.69) is 49.7 Å². The molecule has 0 amide bonds. The van der Waals surface area contributed by atoms with Crippen LogP contribution in [0.25, 0.3) is 0 Å². The summed E-state index contributed by atoms with van der Waals surface area (Å²) in [7, 11) is 2.02. The molecule has 0 saturated heterocycles. The van der Waals surface area contributed by atoms with Gasteiger partial charge in [-0.05, 0) is 24.0 Å². The summed E-state index contributed by atoms with van der Waals surface area (Å²) in [4.78, 5) is 6.58. The van der Waals surface area contributed by atoms with Gasteiger partial charge in [0.05, 0.1) is 0 Å². The Labute approximate surface area is 104 Å². The highest BCUT2D eigenvalue weighted by Gasteiger charge is 2.15. The fourth-order valence-electron chi connectivity index (χ4n) is 1.37. The molecule has 3 heteroatoms. The third kappa shape index (κ3) is 3.11. The molecule has 0 aliphatic rings. The first kappa shape index (κ1) is 13.3. The zero-order valence-electron chi connectivity index (χ0n) is 10.8. The molecule has 0 N–H and O–H groups in total. The second-order valence-corrected chi connectivity index (χ2v) is 5.58. The van der Waals surface area contributed by atoms with E-state index in [1.54, 1.807) is 0 Å². The van der Waals surface area contributed by atoms with Crippen LogP contribution in [-0.4, -0.2) is 24.0 Å². The van der Waals surface area contributed by atoms with Crippen molar-refractivity contribution in [2.75, 3.05) is 17.8 Å². The first-order valence-electron chi connectivity index (χ1n) is 5.61. The summed E-state index contributed by atoms with van der Waals surface area (Å²) in [5, 5.41) is 0. The van der Waals surface area contributed by atoms with Crippen LogP contribution >= 0.6 is 11.6 Å². The Morgan fingerprint density at radius 2 is 2.00 bits per heavy atom. The number of anilines is 1. The van der Waals surface area contributed by atoms with Crippen molar-refractivity contribution in [1.82, 2.24) is 4.98 Å². The highest BCUT2D eigenvalue weighted by Crippen LogP contribution is 2.23. The summed E-state index contributed by atoms with van der Waals surface area (Å²) in [6, 6.07) is 4.50. The van der Waals surface area contributed by atoms with E-state index in [9.17, 15) is 0 Å². The van der Waals surface area contributed by atoms with Gasteiger partial charge >= 0.3 is 0 Å². The number of aromatic nitrogens is 1. The molecule has 90 valence electrons. The molecule has 1 heterocycles. The van der Waals surface area contributed by atoms with Gasteiger partial charge in [0.15, 0.2) is 0 Å². The molecule has 0 aromatic carbocycles. The molecule has 0 radical (unpaired) electrons. The van der Waals surface area contributed by atoms with E-state index in [1.807, 2.05) is 13.2 Å². The Balaban J connectivity index is 2.87. The van der Waals surface area contributed by atoms with Crippen molar-refractivity contribution in [2.24, 2.45) is 0 Å². The molecule has 0 bridgehead atoms. The highest BCUT2D eigenvalue weighted by molar-refractivity contribution is 6.18. The zero-order chi connectivity index (χ0) is 12.3. The summed E-state index contributed by atoms with van der Waals surface area (Å²) in [5.74, 6) is 1.58. The molecule has 1 atom stereocenters. The molecule has 0 saturated carbocycles. The molecular formula is C13H21ClN2. The van der Waals surface area contributed by atoms with Crippen molar-refractivity contribution in [3.05, 3.63) is 23.9 Å². The maximum atomic E-state index is 5.83. The van der Waals surface area contributed by atoms with Crippen LogP contribution in [-0.2, 0) is 5.41 Å². The van der Waals surface area contributed by atoms with Gasteiger partial charge in [-0.2, -0.15) is 0 Å². The quantitative estimate of drug-likeness (QED) is 0.753. The van der Waals surface area contributed by atoms with E-state index in [4.69, 9.17) is 11.6 Å². The second-order valence-electron chi connectivity index (χ2n) is 5.27. The molecule has 1 unspecified atom stereocenters. The fraction of sp³-hybridized carbons (Fsp3) is 0.615. The van der Waals surface area contributed by atoms with Crippen LogP contribution in [0.1, 0.15) is 33.3 Å². The molecule has 1 rings (SSSR count). The minimum atomic E-state index is 0.155. The molecule has 2 nitrogen and oxygen atoms in total. The average molecular weight is 241 g/mol. The van der Waals surface area contributed by atoms with Gasteiger partial charge in [-0.3, -0.25) is 0 Å². The predicted octanol–water partition coefficient (Wildman–Crippen LogP) is 3.44. The maximum Gasteiger partial charge on any atom is 0.128 e. The summed E-state index contributed by atoms with van der Waals surface area (Å²) in [6.45, 7) is 8.66. The molecule has 16 heavy (non-hydrogen) atoms. The molecular weight excluding hydrogens is 220 g/mol. The van der Waals surface area contributed by atoms with Crippen molar-refractivity contribution >= 4 is 17.4 Å². The minimum absolute atomic E-state index is 0.155. The summed E-state index contributed by atoms with van der Waals surface area (Å²) in [6.07, 6.45) is 1.95. The summed E-state index contributed by atoms with van der Waals surface area (Å²) in [5.41, 5.74) is 1.41. The third-order valence-electron chi connectivity index (χ3n) is 2.86. The molecule has 0 aliphatic heterocycles. The van der Waals surface area contributed by atoms with Gasteiger partial charge in [0.1, 0.15) is 5.82 Å². The van der Waals surface area contributed by atoms with E-state index in [0.29, 0.717) is 11.9 Å². The van der Waals surface area contributed by atoms with Gasteiger partial charge in [-0.1, -0.05) is 26.8 Å².